The highest BCUT2D eigenvalue weighted by Gasteiger charge is 2.28. The molecule has 35 heavy (non-hydrogen) atoms. The molecule has 1 fully saturated rings. The van der Waals surface area contributed by atoms with Crippen molar-refractivity contribution in [1.82, 2.24) is 14.8 Å². The Morgan fingerprint density at radius 2 is 1.77 bits per heavy atom. The number of benzene rings is 1. The molecule has 8 nitrogen and oxygen atoms in total. The fourth-order valence-electron chi connectivity index (χ4n) is 4.47. The molecule has 5 N–H and O–H groups in total. The number of rotatable bonds is 6. The zero-order chi connectivity index (χ0) is 25.4. The van der Waals surface area contributed by atoms with Crippen LogP contribution in [0.2, 0.25) is 0 Å². The number of hydrogen-bond donors (Lipinski definition) is 3. The monoisotopic (exact) mass is 509 g/mol. The number of halogens is 3. The van der Waals surface area contributed by atoms with Crippen LogP contribution in [-0.2, 0) is 23.0 Å². The lowest BCUT2D eigenvalue weighted by molar-refractivity contribution is -0.142. The lowest BCUT2D eigenvalue weighted by Crippen LogP contribution is -2.20. The van der Waals surface area contributed by atoms with E-state index >= 15 is 0 Å². The number of nitrogens with zero attached hydrogens (tertiary/aromatic N) is 3. The third-order valence-electron chi connectivity index (χ3n) is 6.25. The van der Waals surface area contributed by atoms with E-state index in [-0.39, 0.29) is 16.8 Å². The molecule has 188 valence electrons. The molecule has 1 aliphatic carbocycles. The molecule has 0 amide bonds. The van der Waals surface area contributed by atoms with E-state index in [2.05, 4.69) is 10.1 Å². The summed E-state index contributed by atoms with van der Waals surface area (Å²) in [4.78, 5) is 4.15. The number of primary sulfonamides is 1. The van der Waals surface area contributed by atoms with E-state index < -0.39 is 22.7 Å². The van der Waals surface area contributed by atoms with Gasteiger partial charge in [-0.2, -0.15) is 18.3 Å². The van der Waals surface area contributed by atoms with E-state index in [1.165, 1.54) is 30.7 Å². The number of nitrogens with two attached hydrogens (primary N) is 2. The number of anilines is 1. The van der Waals surface area contributed by atoms with Crippen molar-refractivity contribution in [2.45, 2.75) is 55.8 Å². The maximum absolute atomic E-state index is 12.7. The third-order valence-corrected chi connectivity index (χ3v) is 7.16. The maximum Gasteiger partial charge on any atom is 0.408 e. The van der Waals surface area contributed by atoms with Gasteiger partial charge in [-0.1, -0.05) is 6.07 Å². The van der Waals surface area contributed by atoms with Gasteiger partial charge in [-0.25, -0.2) is 18.5 Å². The lowest BCUT2D eigenvalue weighted by atomic mass is 9.82. The molecule has 3 aromatic rings. The van der Waals surface area contributed by atoms with Gasteiger partial charge < -0.3 is 10.8 Å². The second-order valence-corrected chi connectivity index (χ2v) is 10.5. The number of aliphatic hydroxyl groups is 1. The molecule has 0 bridgehead atoms. The van der Waals surface area contributed by atoms with Crippen molar-refractivity contribution < 1.29 is 26.7 Å². The Hall–Kier alpha value is -2.96. The summed E-state index contributed by atoms with van der Waals surface area (Å²) in [6, 6.07) is 6.32. The highest BCUT2D eigenvalue weighted by molar-refractivity contribution is 7.89. The van der Waals surface area contributed by atoms with E-state index in [4.69, 9.17) is 10.9 Å². The van der Waals surface area contributed by atoms with E-state index in [9.17, 15) is 26.7 Å². The second-order valence-electron chi connectivity index (χ2n) is 8.94. The van der Waals surface area contributed by atoms with Crippen LogP contribution in [0.15, 0.2) is 47.8 Å². The summed E-state index contributed by atoms with van der Waals surface area (Å²) in [5, 5.41) is 18.9. The number of hydrogen-bond acceptors (Lipinski definition) is 6. The minimum atomic E-state index is -4.42. The Bertz CT molecular complexity index is 1320. The number of nitrogen functional groups attached to an aromatic ring is 1. The number of aliphatic hydroxyl groups excluding tert-OH is 1. The Labute approximate surface area is 200 Å². The SMILES string of the molecule is Nc1ncc(-c2cc(S(N)(=O)=O)ccc2CC2CCC(O)CC2)cc1-c1cnn(CC(F)(F)F)c1. The summed E-state index contributed by atoms with van der Waals surface area (Å²) in [6.45, 7) is -1.24. The van der Waals surface area contributed by atoms with E-state index in [0.29, 0.717) is 47.4 Å². The molecule has 0 aliphatic heterocycles. The van der Waals surface area contributed by atoms with Crippen LogP contribution in [0.1, 0.15) is 31.2 Å². The van der Waals surface area contributed by atoms with Crippen LogP contribution in [0.25, 0.3) is 22.3 Å². The maximum atomic E-state index is 12.7. The fourth-order valence-corrected chi connectivity index (χ4v) is 5.01. The zero-order valence-corrected chi connectivity index (χ0v) is 19.6. The molecule has 0 saturated heterocycles. The Morgan fingerprint density at radius 3 is 2.43 bits per heavy atom. The van der Waals surface area contributed by atoms with Gasteiger partial charge in [0.15, 0.2) is 0 Å². The number of sulfonamides is 1. The molecule has 0 unspecified atom stereocenters. The first-order valence-corrected chi connectivity index (χ1v) is 12.6. The first-order chi connectivity index (χ1) is 16.4. The van der Waals surface area contributed by atoms with Crippen molar-refractivity contribution in [2.75, 3.05) is 5.73 Å². The Kier molecular flexibility index (Phi) is 6.89. The predicted octanol–water partition coefficient (Wildman–Crippen LogP) is 3.50. The second kappa shape index (κ2) is 9.59. The molecule has 2 aromatic heterocycles. The summed E-state index contributed by atoms with van der Waals surface area (Å²) in [5.41, 5.74) is 8.78. The van der Waals surface area contributed by atoms with Crippen LogP contribution in [0, 0.1) is 5.92 Å². The topological polar surface area (TPSA) is 137 Å². The van der Waals surface area contributed by atoms with E-state index in [1.807, 2.05) is 0 Å². The van der Waals surface area contributed by atoms with Crippen LogP contribution in [0.3, 0.4) is 0 Å². The number of alkyl halides is 3. The van der Waals surface area contributed by atoms with Crippen molar-refractivity contribution in [3.63, 3.8) is 0 Å². The van der Waals surface area contributed by atoms with Crippen LogP contribution in [-0.4, -0.2) is 40.6 Å². The standard InChI is InChI=1S/C23H26F3N5O3S/c24-23(25,26)13-31-12-17(11-30-31)21-8-16(10-29-22(21)27)20-9-19(35(28,33)34)6-3-15(20)7-14-1-4-18(32)5-2-14/h3,6,8-12,14,18,32H,1-2,4-5,7,13H2,(H2,27,29)(H2,28,33,34). The van der Waals surface area contributed by atoms with Gasteiger partial charge in [0.1, 0.15) is 12.4 Å². The molecular weight excluding hydrogens is 483 g/mol. The highest BCUT2D eigenvalue weighted by atomic mass is 32.2. The molecule has 1 aliphatic rings. The molecule has 4 rings (SSSR count). The quantitative estimate of drug-likeness (QED) is 0.465. The number of pyridine rings is 1. The average molecular weight is 510 g/mol. The first-order valence-electron chi connectivity index (χ1n) is 11.1. The summed E-state index contributed by atoms with van der Waals surface area (Å²) in [6.07, 6.45) is 3.08. The summed E-state index contributed by atoms with van der Waals surface area (Å²) < 4.78 is 63.0. The highest BCUT2D eigenvalue weighted by Crippen LogP contribution is 2.35. The van der Waals surface area contributed by atoms with Crippen LogP contribution in [0.4, 0.5) is 19.0 Å². The van der Waals surface area contributed by atoms with Crippen molar-refractivity contribution in [3.8, 4) is 22.3 Å². The summed E-state index contributed by atoms with van der Waals surface area (Å²) >= 11 is 0. The molecule has 12 heteroatoms. The molecular formula is C23H26F3N5O3S. The van der Waals surface area contributed by atoms with Gasteiger partial charge in [0.05, 0.1) is 17.2 Å². The van der Waals surface area contributed by atoms with Crippen LogP contribution in [0.5, 0.6) is 0 Å². The molecule has 0 atom stereocenters. The lowest BCUT2D eigenvalue weighted by Gasteiger charge is -2.26. The molecule has 1 saturated carbocycles. The minimum Gasteiger partial charge on any atom is -0.393 e. The van der Waals surface area contributed by atoms with Gasteiger partial charge in [-0.05, 0) is 67.3 Å². The van der Waals surface area contributed by atoms with Crippen molar-refractivity contribution in [1.29, 1.82) is 0 Å². The van der Waals surface area contributed by atoms with E-state index in [0.717, 1.165) is 23.1 Å². The zero-order valence-electron chi connectivity index (χ0n) is 18.7. The first kappa shape index (κ1) is 25.1. The molecule has 2 heterocycles. The van der Waals surface area contributed by atoms with Gasteiger partial charge >= 0.3 is 6.18 Å². The van der Waals surface area contributed by atoms with Gasteiger partial charge in [0, 0.05) is 29.1 Å². The van der Waals surface area contributed by atoms with Gasteiger partial charge in [-0.15, -0.1) is 0 Å². The Balaban J connectivity index is 1.74. The average Bonchev–Trinajstić information content (AvgIpc) is 3.22. The Morgan fingerprint density at radius 1 is 1.06 bits per heavy atom. The summed E-state index contributed by atoms with van der Waals surface area (Å²) in [5.74, 6) is 0.421. The van der Waals surface area contributed by atoms with Gasteiger partial charge in [0.25, 0.3) is 0 Å². The molecule has 0 radical (unpaired) electrons. The molecule has 1 aromatic carbocycles. The van der Waals surface area contributed by atoms with Crippen molar-refractivity contribution in [3.05, 3.63) is 48.4 Å². The van der Waals surface area contributed by atoms with Crippen LogP contribution < -0.4 is 10.9 Å². The van der Waals surface area contributed by atoms with E-state index in [1.54, 1.807) is 12.1 Å². The third kappa shape index (κ3) is 6.19. The van der Waals surface area contributed by atoms with Gasteiger partial charge in [0.2, 0.25) is 10.0 Å². The predicted molar refractivity (Wildman–Crippen MR) is 124 cm³/mol. The largest absolute Gasteiger partial charge is 0.408 e. The normalized spacial score (nSPS) is 19.1. The summed E-state index contributed by atoms with van der Waals surface area (Å²) in [7, 11) is -3.97. The van der Waals surface area contributed by atoms with Crippen molar-refractivity contribution >= 4 is 15.8 Å². The smallest absolute Gasteiger partial charge is 0.393 e. The number of aromatic nitrogens is 3. The van der Waals surface area contributed by atoms with Crippen LogP contribution >= 0.6 is 0 Å². The minimum absolute atomic E-state index is 0.0633. The molecule has 0 spiro atoms. The van der Waals surface area contributed by atoms with Gasteiger partial charge in [-0.3, -0.25) is 4.68 Å². The fraction of sp³-hybridized carbons (Fsp3) is 0.391. The van der Waals surface area contributed by atoms with Crippen molar-refractivity contribution in [2.24, 2.45) is 11.1 Å².